The van der Waals surface area contributed by atoms with Crippen LogP contribution in [0.3, 0.4) is 0 Å². The Morgan fingerprint density at radius 2 is 1.86 bits per heavy atom. The molecule has 36 heavy (non-hydrogen) atoms. The van der Waals surface area contributed by atoms with E-state index in [1.807, 2.05) is 55.1 Å². The maximum atomic E-state index is 13.2. The Morgan fingerprint density at radius 3 is 2.53 bits per heavy atom. The lowest BCUT2D eigenvalue weighted by Gasteiger charge is -2.25. The van der Waals surface area contributed by atoms with Gasteiger partial charge in [-0.1, -0.05) is 30.3 Å². The summed E-state index contributed by atoms with van der Waals surface area (Å²) in [6.45, 7) is 9.43. The van der Waals surface area contributed by atoms with Crippen molar-refractivity contribution < 1.29 is 19.1 Å². The summed E-state index contributed by atoms with van der Waals surface area (Å²) >= 11 is 0. The zero-order valence-electron chi connectivity index (χ0n) is 21.2. The molecule has 192 valence electrons. The molecule has 2 aromatic rings. The second kappa shape index (κ2) is 11.0. The first kappa shape index (κ1) is 24.7. The molecule has 3 aliphatic heterocycles. The fourth-order valence-corrected chi connectivity index (χ4v) is 5.87. The molecule has 3 fully saturated rings. The number of amides is 2. The molecule has 3 aliphatic rings. The van der Waals surface area contributed by atoms with Crippen molar-refractivity contribution in [1.29, 1.82) is 0 Å². The molecular weight excluding hydrogens is 456 g/mol. The van der Waals surface area contributed by atoms with Gasteiger partial charge in [0.2, 0.25) is 0 Å². The van der Waals surface area contributed by atoms with Crippen molar-refractivity contribution in [3.63, 3.8) is 0 Å². The minimum Gasteiger partial charge on any atom is -0.444 e. The molecule has 0 bridgehead atoms. The quantitative estimate of drug-likeness (QED) is 0.638. The van der Waals surface area contributed by atoms with Gasteiger partial charge in [0.25, 0.3) is 5.91 Å². The third-order valence-corrected chi connectivity index (χ3v) is 7.80. The smallest absolute Gasteiger partial charge is 0.407 e. The average molecular weight is 493 g/mol. The maximum absolute atomic E-state index is 13.2. The van der Waals surface area contributed by atoms with Crippen LogP contribution in [-0.4, -0.2) is 78.8 Å². The van der Waals surface area contributed by atoms with E-state index in [-0.39, 0.29) is 24.1 Å². The van der Waals surface area contributed by atoms with Crippen LogP contribution < -0.4 is 5.32 Å². The monoisotopic (exact) mass is 492 g/mol. The van der Waals surface area contributed by atoms with Crippen LogP contribution in [-0.2, 0) is 9.47 Å². The number of rotatable bonds is 7. The van der Waals surface area contributed by atoms with Gasteiger partial charge in [0.1, 0.15) is 6.10 Å². The number of carbonyl (C=O) groups excluding carboxylic acids is 2. The van der Waals surface area contributed by atoms with Crippen LogP contribution in [0.25, 0.3) is 0 Å². The van der Waals surface area contributed by atoms with Crippen LogP contribution in [0.2, 0.25) is 0 Å². The predicted octanol–water partition coefficient (Wildman–Crippen LogP) is 3.35. The fraction of sp³-hybridized carbons (Fsp3) is 0.536. The zero-order valence-corrected chi connectivity index (χ0v) is 21.2. The molecule has 3 unspecified atom stereocenters. The first-order valence-electron chi connectivity index (χ1n) is 13.0. The standard InChI is InChI=1S/C28H36N4O4/c1-19-8-11-29-20(2)26(19)27(33)32-16-22-14-31(15-23(22)17-32)12-9-25(21-6-4-3-5-7-21)30-28(34)36-24-10-13-35-18-24/h3-8,11,22-25H,9-10,12-18H2,1-2H3,(H,30,34)/t22-,23?,24?,25?/m0/s1. The van der Waals surface area contributed by atoms with Gasteiger partial charge >= 0.3 is 6.09 Å². The Balaban J connectivity index is 1.15. The number of aryl methyl sites for hydroxylation is 2. The largest absolute Gasteiger partial charge is 0.444 e. The van der Waals surface area contributed by atoms with Crippen molar-refractivity contribution >= 4 is 12.0 Å². The number of hydrogen-bond donors (Lipinski definition) is 1. The van der Waals surface area contributed by atoms with Crippen molar-refractivity contribution in [3.8, 4) is 0 Å². The Hall–Kier alpha value is -2.97. The highest BCUT2D eigenvalue weighted by Gasteiger charge is 2.42. The van der Waals surface area contributed by atoms with E-state index < -0.39 is 0 Å². The first-order chi connectivity index (χ1) is 17.5. The first-order valence-corrected chi connectivity index (χ1v) is 13.0. The zero-order chi connectivity index (χ0) is 25.1. The highest BCUT2D eigenvalue weighted by atomic mass is 16.6. The summed E-state index contributed by atoms with van der Waals surface area (Å²) in [5, 5.41) is 3.08. The summed E-state index contributed by atoms with van der Waals surface area (Å²) in [6.07, 6.45) is 2.77. The molecule has 0 spiro atoms. The minimum atomic E-state index is -0.382. The Bertz CT molecular complexity index is 1040. The molecule has 0 aliphatic carbocycles. The number of pyridine rings is 1. The van der Waals surface area contributed by atoms with Gasteiger partial charge in [0.05, 0.1) is 30.5 Å². The van der Waals surface area contributed by atoms with E-state index >= 15 is 0 Å². The van der Waals surface area contributed by atoms with E-state index in [4.69, 9.17) is 9.47 Å². The van der Waals surface area contributed by atoms with E-state index in [1.165, 1.54) is 0 Å². The van der Waals surface area contributed by atoms with Crippen molar-refractivity contribution in [2.45, 2.75) is 38.8 Å². The van der Waals surface area contributed by atoms with Gasteiger partial charge in [0.15, 0.2) is 0 Å². The molecule has 5 rings (SSSR count). The second-order valence-electron chi connectivity index (χ2n) is 10.4. The van der Waals surface area contributed by atoms with Gasteiger partial charge in [-0.15, -0.1) is 0 Å². The van der Waals surface area contributed by atoms with E-state index in [1.54, 1.807) is 6.20 Å². The molecule has 8 heteroatoms. The third kappa shape index (κ3) is 5.55. The highest BCUT2D eigenvalue weighted by Crippen LogP contribution is 2.33. The Labute approximate surface area is 213 Å². The summed E-state index contributed by atoms with van der Waals surface area (Å²) in [5.74, 6) is 1.09. The van der Waals surface area contributed by atoms with Crippen LogP contribution in [0, 0.1) is 25.7 Å². The van der Waals surface area contributed by atoms with Crippen LogP contribution in [0.4, 0.5) is 4.79 Å². The van der Waals surface area contributed by atoms with Gasteiger partial charge in [-0.25, -0.2) is 4.79 Å². The molecular formula is C28H36N4O4. The van der Waals surface area contributed by atoms with Crippen molar-refractivity contribution in [2.75, 3.05) is 45.9 Å². The Morgan fingerprint density at radius 1 is 1.11 bits per heavy atom. The van der Waals surface area contributed by atoms with Crippen molar-refractivity contribution in [3.05, 3.63) is 65.0 Å². The maximum Gasteiger partial charge on any atom is 0.407 e. The highest BCUT2D eigenvalue weighted by molar-refractivity contribution is 5.96. The number of likely N-dealkylation sites (tertiary alicyclic amines) is 2. The number of hydrogen-bond acceptors (Lipinski definition) is 6. The molecule has 2 amide bonds. The number of nitrogens with zero attached hydrogens (tertiary/aromatic N) is 3. The van der Waals surface area contributed by atoms with E-state index in [9.17, 15) is 9.59 Å². The topological polar surface area (TPSA) is 84.0 Å². The van der Waals surface area contributed by atoms with Gasteiger partial charge in [-0.3, -0.25) is 9.78 Å². The molecule has 8 nitrogen and oxygen atoms in total. The molecule has 4 heterocycles. The lowest BCUT2D eigenvalue weighted by Crippen LogP contribution is -2.36. The van der Waals surface area contributed by atoms with Gasteiger partial charge in [-0.2, -0.15) is 0 Å². The average Bonchev–Trinajstić information content (AvgIpc) is 3.59. The lowest BCUT2D eigenvalue weighted by molar-refractivity contribution is 0.0771. The molecule has 1 aromatic carbocycles. The summed E-state index contributed by atoms with van der Waals surface area (Å²) in [7, 11) is 0. The Kier molecular flexibility index (Phi) is 7.53. The number of aromatic nitrogens is 1. The number of carbonyl (C=O) groups is 2. The fourth-order valence-electron chi connectivity index (χ4n) is 5.87. The minimum absolute atomic E-state index is 0.110. The molecule has 1 N–H and O–H groups in total. The van der Waals surface area contributed by atoms with Crippen LogP contribution >= 0.6 is 0 Å². The van der Waals surface area contributed by atoms with E-state index in [0.717, 1.165) is 67.9 Å². The number of ether oxygens (including phenoxy) is 2. The normalized spacial score (nSPS) is 24.5. The molecule has 1 aromatic heterocycles. The summed E-state index contributed by atoms with van der Waals surface area (Å²) in [4.78, 5) is 34.6. The summed E-state index contributed by atoms with van der Waals surface area (Å²) in [6, 6.07) is 11.9. The lowest BCUT2D eigenvalue weighted by atomic mass is 10.0. The number of nitrogens with one attached hydrogen (secondary N) is 1. The van der Waals surface area contributed by atoms with E-state index in [0.29, 0.717) is 25.0 Å². The molecule has 4 atom stereocenters. The summed E-state index contributed by atoms with van der Waals surface area (Å²) in [5.41, 5.74) is 3.62. The number of fused-ring (bicyclic) bond motifs is 1. The SMILES string of the molecule is Cc1ccnc(C)c1C(=O)N1CC2CN(CCC(NC(=O)OC3CCOC3)c3ccccc3)C[C@H]2C1. The van der Waals surface area contributed by atoms with Crippen LogP contribution in [0.15, 0.2) is 42.6 Å². The van der Waals surface area contributed by atoms with Gasteiger partial charge in [-0.05, 0) is 49.3 Å². The number of alkyl carbamates (subject to hydrolysis) is 1. The third-order valence-electron chi connectivity index (χ3n) is 7.80. The van der Waals surface area contributed by atoms with Crippen LogP contribution in [0.1, 0.15) is 46.1 Å². The molecule has 3 saturated heterocycles. The summed E-state index contributed by atoms with van der Waals surface area (Å²) < 4.78 is 10.9. The molecule has 0 saturated carbocycles. The number of benzene rings is 1. The van der Waals surface area contributed by atoms with Gasteiger partial charge < -0.3 is 24.6 Å². The van der Waals surface area contributed by atoms with Crippen molar-refractivity contribution in [1.82, 2.24) is 20.1 Å². The van der Waals surface area contributed by atoms with Crippen LogP contribution in [0.5, 0.6) is 0 Å². The van der Waals surface area contributed by atoms with Crippen molar-refractivity contribution in [2.24, 2.45) is 11.8 Å². The molecule has 0 radical (unpaired) electrons. The van der Waals surface area contributed by atoms with Gasteiger partial charge in [0, 0.05) is 45.3 Å². The van der Waals surface area contributed by atoms with E-state index in [2.05, 4.69) is 15.2 Å². The second-order valence-corrected chi connectivity index (χ2v) is 10.4. The predicted molar refractivity (Wildman–Crippen MR) is 136 cm³/mol.